The van der Waals surface area contributed by atoms with E-state index in [9.17, 15) is 20.2 Å². The topological polar surface area (TPSA) is 181 Å². The number of rotatable bonds is 6. The highest BCUT2D eigenvalue weighted by Crippen LogP contribution is 2.33. The number of nitrogens with two attached hydrogens (primary N) is 2. The molecule has 0 fully saturated rings. The fraction of sp³-hybridized carbons (Fsp3) is 0. The first-order valence-electron chi connectivity index (χ1n) is 8.27. The van der Waals surface area contributed by atoms with Gasteiger partial charge in [0.1, 0.15) is 11.4 Å². The van der Waals surface area contributed by atoms with Crippen molar-refractivity contribution >= 4 is 46.8 Å². The van der Waals surface area contributed by atoms with Gasteiger partial charge in [-0.1, -0.05) is 23.2 Å². The first kappa shape index (κ1) is 21.7. The van der Waals surface area contributed by atoms with Gasteiger partial charge in [0, 0.05) is 28.4 Å². The molecular weight excluding hydrogens is 451 g/mol. The highest BCUT2D eigenvalue weighted by atomic mass is 35.5. The van der Waals surface area contributed by atoms with E-state index < -0.39 is 21.2 Å². The molecule has 0 radical (unpaired) electrons. The van der Waals surface area contributed by atoms with Crippen LogP contribution in [0.2, 0.25) is 10.0 Å². The van der Waals surface area contributed by atoms with Crippen LogP contribution in [0.25, 0.3) is 16.9 Å². The third-order valence-electron chi connectivity index (χ3n) is 3.91. The number of hydrogen-bond donors (Lipinski definition) is 2. The second-order valence-electron chi connectivity index (χ2n) is 5.96. The quantitative estimate of drug-likeness (QED) is 0.243. The molecule has 0 amide bonds. The van der Waals surface area contributed by atoms with Crippen LogP contribution in [0.5, 0.6) is 0 Å². The molecule has 3 aromatic rings. The second kappa shape index (κ2) is 8.77. The number of nitro groups is 2. The second-order valence-corrected chi connectivity index (χ2v) is 6.80. The maximum Gasteiger partial charge on any atom is 0.301 e. The molecule has 0 atom stereocenters. The Balaban J connectivity index is 2.22. The van der Waals surface area contributed by atoms with Crippen molar-refractivity contribution in [2.45, 2.75) is 0 Å². The molecule has 0 bridgehead atoms. The predicted octanol–water partition coefficient (Wildman–Crippen LogP) is 3.27. The van der Waals surface area contributed by atoms with Crippen molar-refractivity contribution in [1.29, 1.82) is 0 Å². The van der Waals surface area contributed by atoms with Crippen molar-refractivity contribution < 1.29 is 9.85 Å². The molecule has 158 valence electrons. The average molecular weight is 463 g/mol. The zero-order chi connectivity index (χ0) is 22.7. The van der Waals surface area contributed by atoms with E-state index in [0.717, 1.165) is 12.1 Å². The molecule has 0 spiro atoms. The summed E-state index contributed by atoms with van der Waals surface area (Å²) in [5, 5.41) is 34.8. The minimum absolute atomic E-state index is 0.0107. The van der Waals surface area contributed by atoms with Gasteiger partial charge in [0.25, 0.3) is 5.69 Å². The van der Waals surface area contributed by atoms with Gasteiger partial charge in [-0.15, -0.1) is 5.10 Å². The fourth-order valence-electron chi connectivity index (χ4n) is 2.62. The van der Waals surface area contributed by atoms with Crippen LogP contribution in [0.15, 0.2) is 52.8 Å². The maximum absolute atomic E-state index is 11.5. The van der Waals surface area contributed by atoms with Gasteiger partial charge in [0.15, 0.2) is 0 Å². The van der Waals surface area contributed by atoms with Crippen LogP contribution in [0, 0.1) is 20.2 Å². The average Bonchev–Trinajstić information content (AvgIpc) is 3.10. The van der Waals surface area contributed by atoms with Crippen LogP contribution in [-0.2, 0) is 0 Å². The van der Waals surface area contributed by atoms with Crippen molar-refractivity contribution in [3.05, 3.63) is 78.4 Å². The Hall–Kier alpha value is -4.03. The Morgan fingerprint density at radius 3 is 2.45 bits per heavy atom. The SMILES string of the molecule is NC(N)=N/N=C/c1cn(-c2ccc([N+](=O)[O-])cc2[N+](=O)[O-])nc1-c1ccc(Cl)cc1Cl. The van der Waals surface area contributed by atoms with E-state index in [-0.39, 0.29) is 16.7 Å². The first-order valence-corrected chi connectivity index (χ1v) is 9.03. The molecule has 1 heterocycles. The molecule has 0 aliphatic carbocycles. The van der Waals surface area contributed by atoms with Gasteiger partial charge in [-0.2, -0.15) is 10.2 Å². The molecular formula is C17H12Cl2N8O4. The fourth-order valence-corrected chi connectivity index (χ4v) is 3.12. The van der Waals surface area contributed by atoms with Crippen LogP contribution in [0.4, 0.5) is 11.4 Å². The summed E-state index contributed by atoms with van der Waals surface area (Å²) in [5.74, 6) is -0.277. The molecule has 1 aromatic heterocycles. The lowest BCUT2D eigenvalue weighted by Gasteiger charge is -2.04. The summed E-state index contributed by atoms with van der Waals surface area (Å²) in [6.07, 6.45) is 2.70. The van der Waals surface area contributed by atoms with Gasteiger partial charge in [-0.05, 0) is 24.3 Å². The minimum Gasteiger partial charge on any atom is -0.369 e. The van der Waals surface area contributed by atoms with Gasteiger partial charge in [-0.25, -0.2) is 4.68 Å². The van der Waals surface area contributed by atoms with Crippen LogP contribution < -0.4 is 11.5 Å². The van der Waals surface area contributed by atoms with Crippen molar-refractivity contribution in [2.75, 3.05) is 0 Å². The standard InChI is InChI=1S/C17H12Cl2N8O4/c18-10-1-3-12(13(19)5-10)16-9(7-22-23-17(20)21)8-25(24-16)14-4-2-11(26(28)29)6-15(14)27(30)31/h1-8H,(H4,20,21,23)/b22-7+. The molecule has 0 saturated carbocycles. The summed E-state index contributed by atoms with van der Waals surface area (Å²) in [5.41, 5.74) is 10.7. The van der Waals surface area contributed by atoms with Crippen LogP contribution >= 0.6 is 23.2 Å². The molecule has 2 aromatic carbocycles. The molecule has 0 saturated heterocycles. The van der Waals surface area contributed by atoms with Gasteiger partial charge in [-0.3, -0.25) is 20.2 Å². The zero-order valence-corrected chi connectivity index (χ0v) is 16.9. The highest BCUT2D eigenvalue weighted by Gasteiger charge is 2.23. The maximum atomic E-state index is 11.5. The van der Waals surface area contributed by atoms with Crippen LogP contribution in [-0.4, -0.2) is 31.8 Å². The molecule has 0 aliphatic rings. The number of nitrogens with zero attached hydrogens (tertiary/aromatic N) is 6. The highest BCUT2D eigenvalue weighted by molar-refractivity contribution is 6.36. The minimum atomic E-state index is -0.744. The van der Waals surface area contributed by atoms with E-state index in [4.69, 9.17) is 34.7 Å². The number of aromatic nitrogens is 2. The summed E-state index contributed by atoms with van der Waals surface area (Å²) in [6.45, 7) is 0. The number of hydrogen-bond acceptors (Lipinski definition) is 7. The lowest BCUT2D eigenvalue weighted by Crippen LogP contribution is -2.21. The number of halogens is 2. The summed E-state index contributed by atoms with van der Waals surface area (Å²) in [6, 6.07) is 7.90. The third kappa shape index (κ3) is 4.76. The van der Waals surface area contributed by atoms with E-state index >= 15 is 0 Å². The van der Waals surface area contributed by atoms with Crippen molar-refractivity contribution in [3.8, 4) is 16.9 Å². The summed E-state index contributed by atoms with van der Waals surface area (Å²) < 4.78 is 1.18. The third-order valence-corrected chi connectivity index (χ3v) is 4.46. The van der Waals surface area contributed by atoms with E-state index in [1.165, 1.54) is 29.2 Å². The predicted molar refractivity (Wildman–Crippen MR) is 116 cm³/mol. The molecule has 3 rings (SSSR count). The van der Waals surface area contributed by atoms with Crippen molar-refractivity contribution in [1.82, 2.24) is 9.78 Å². The zero-order valence-electron chi connectivity index (χ0n) is 15.3. The number of guanidine groups is 1. The Morgan fingerprint density at radius 1 is 1.10 bits per heavy atom. The Labute approximate surface area is 183 Å². The van der Waals surface area contributed by atoms with E-state index in [0.29, 0.717) is 21.8 Å². The van der Waals surface area contributed by atoms with Crippen LogP contribution in [0.1, 0.15) is 5.56 Å². The molecule has 12 nitrogen and oxygen atoms in total. The van der Waals surface area contributed by atoms with E-state index in [1.807, 2.05) is 0 Å². The number of nitro benzene ring substituents is 2. The van der Waals surface area contributed by atoms with Crippen LogP contribution in [0.3, 0.4) is 0 Å². The van der Waals surface area contributed by atoms with Gasteiger partial charge < -0.3 is 11.5 Å². The number of benzene rings is 2. The van der Waals surface area contributed by atoms with Gasteiger partial charge >= 0.3 is 5.69 Å². The summed E-state index contributed by atoms with van der Waals surface area (Å²) in [4.78, 5) is 21.0. The van der Waals surface area contributed by atoms with Crippen molar-refractivity contribution in [3.63, 3.8) is 0 Å². The Bertz CT molecular complexity index is 1250. The number of non-ortho nitro benzene ring substituents is 1. The largest absolute Gasteiger partial charge is 0.369 e. The molecule has 0 aliphatic heterocycles. The summed E-state index contributed by atoms with van der Waals surface area (Å²) in [7, 11) is 0. The monoisotopic (exact) mass is 462 g/mol. The lowest BCUT2D eigenvalue weighted by molar-refractivity contribution is -0.394. The molecule has 14 heteroatoms. The molecule has 4 N–H and O–H groups in total. The smallest absolute Gasteiger partial charge is 0.301 e. The van der Waals surface area contributed by atoms with Crippen molar-refractivity contribution in [2.24, 2.45) is 21.7 Å². The lowest BCUT2D eigenvalue weighted by atomic mass is 10.1. The molecule has 0 unspecified atom stereocenters. The summed E-state index contributed by atoms with van der Waals surface area (Å²) >= 11 is 12.2. The molecule has 31 heavy (non-hydrogen) atoms. The first-order chi connectivity index (χ1) is 14.7. The van der Waals surface area contributed by atoms with Gasteiger partial charge in [0.05, 0.1) is 27.2 Å². The Kier molecular flexibility index (Phi) is 6.13. The normalized spacial score (nSPS) is 10.9. The Morgan fingerprint density at radius 2 is 1.84 bits per heavy atom. The van der Waals surface area contributed by atoms with E-state index in [1.54, 1.807) is 12.1 Å². The van der Waals surface area contributed by atoms with Gasteiger partial charge in [0.2, 0.25) is 5.96 Å². The van der Waals surface area contributed by atoms with E-state index in [2.05, 4.69) is 15.3 Å².